The molecule has 0 aliphatic carbocycles. The third-order valence-electron chi connectivity index (χ3n) is 2.34. The van der Waals surface area contributed by atoms with Crippen LogP contribution in [-0.4, -0.2) is 28.5 Å². The quantitative estimate of drug-likeness (QED) is 0.400. The number of hydrogen-bond acceptors (Lipinski definition) is 5. The predicted octanol–water partition coefficient (Wildman–Crippen LogP) is 2.61. The Balaban J connectivity index is 2.53. The van der Waals surface area contributed by atoms with Gasteiger partial charge in [0.2, 0.25) is 0 Å². The molecule has 2 aromatic rings. The van der Waals surface area contributed by atoms with Crippen LogP contribution in [0.5, 0.6) is 5.75 Å². The van der Waals surface area contributed by atoms with Crippen molar-refractivity contribution in [2.24, 2.45) is 5.16 Å². The maximum Gasteiger partial charge on any atom is 0.145 e. The Kier molecular flexibility index (Phi) is 3.74. The van der Waals surface area contributed by atoms with Crippen LogP contribution in [0.3, 0.4) is 0 Å². The summed E-state index contributed by atoms with van der Waals surface area (Å²) in [6.45, 7) is 0. The minimum absolute atomic E-state index is 0.375. The van der Waals surface area contributed by atoms with Gasteiger partial charge in [0.15, 0.2) is 0 Å². The summed E-state index contributed by atoms with van der Waals surface area (Å²) in [7, 11) is 1.56. The van der Waals surface area contributed by atoms with Gasteiger partial charge in [-0.15, -0.1) is 0 Å². The summed E-state index contributed by atoms with van der Waals surface area (Å²) in [6.07, 6.45) is 4.41. The predicted molar refractivity (Wildman–Crippen MR) is 68.4 cm³/mol. The first kappa shape index (κ1) is 12.3. The average Bonchev–Trinajstić information content (AvgIpc) is 2.39. The zero-order valence-electron chi connectivity index (χ0n) is 9.54. The number of pyridine rings is 2. The fraction of sp³-hybridized carbons (Fsp3) is 0.0833. The van der Waals surface area contributed by atoms with Crippen LogP contribution in [0, 0.1) is 0 Å². The van der Waals surface area contributed by atoms with E-state index in [1.807, 2.05) is 6.07 Å². The van der Waals surface area contributed by atoms with Gasteiger partial charge in [0, 0.05) is 11.8 Å². The minimum atomic E-state index is 0.375. The number of halogens is 1. The first-order valence-electron chi connectivity index (χ1n) is 5.08. The van der Waals surface area contributed by atoms with Crippen LogP contribution < -0.4 is 4.74 Å². The third kappa shape index (κ3) is 2.57. The van der Waals surface area contributed by atoms with Gasteiger partial charge in [-0.1, -0.05) is 16.8 Å². The molecule has 1 N–H and O–H groups in total. The van der Waals surface area contributed by atoms with Gasteiger partial charge in [-0.05, 0) is 23.8 Å². The van der Waals surface area contributed by atoms with E-state index < -0.39 is 0 Å². The molecule has 0 spiro atoms. The average molecular weight is 264 g/mol. The smallest absolute Gasteiger partial charge is 0.145 e. The second-order valence-corrected chi connectivity index (χ2v) is 3.81. The molecule has 0 saturated carbocycles. The molecule has 0 amide bonds. The molecule has 0 aliphatic rings. The SMILES string of the molecule is COc1cnc(Cl)cc1-c1ccnc(/C=N/O)c1. The normalized spacial score (nSPS) is 10.8. The van der Waals surface area contributed by atoms with Crippen LogP contribution in [0.15, 0.2) is 35.7 Å². The molecular formula is C12H10ClN3O2. The zero-order valence-corrected chi connectivity index (χ0v) is 10.3. The van der Waals surface area contributed by atoms with E-state index in [4.69, 9.17) is 21.5 Å². The topological polar surface area (TPSA) is 67.6 Å². The molecule has 6 heteroatoms. The molecule has 18 heavy (non-hydrogen) atoms. The molecule has 92 valence electrons. The molecular weight excluding hydrogens is 254 g/mol. The third-order valence-corrected chi connectivity index (χ3v) is 2.54. The molecule has 0 unspecified atom stereocenters. The van der Waals surface area contributed by atoms with Gasteiger partial charge in [0.1, 0.15) is 10.9 Å². The van der Waals surface area contributed by atoms with Crippen molar-refractivity contribution in [2.45, 2.75) is 0 Å². The Morgan fingerprint density at radius 1 is 1.39 bits per heavy atom. The summed E-state index contributed by atoms with van der Waals surface area (Å²) < 4.78 is 5.23. The van der Waals surface area contributed by atoms with E-state index in [2.05, 4.69) is 15.1 Å². The number of ether oxygens (including phenoxy) is 1. The highest BCUT2D eigenvalue weighted by Crippen LogP contribution is 2.30. The Morgan fingerprint density at radius 2 is 2.22 bits per heavy atom. The van der Waals surface area contributed by atoms with Crippen molar-refractivity contribution < 1.29 is 9.94 Å². The number of oxime groups is 1. The number of hydrogen-bond donors (Lipinski definition) is 1. The highest BCUT2D eigenvalue weighted by atomic mass is 35.5. The van der Waals surface area contributed by atoms with E-state index in [0.29, 0.717) is 16.6 Å². The number of nitrogens with zero attached hydrogens (tertiary/aromatic N) is 3. The Hall–Kier alpha value is -2.14. The second kappa shape index (κ2) is 5.46. The Labute approximate surface area is 109 Å². The second-order valence-electron chi connectivity index (χ2n) is 3.42. The summed E-state index contributed by atoms with van der Waals surface area (Å²) in [5.41, 5.74) is 2.18. The van der Waals surface area contributed by atoms with Gasteiger partial charge in [-0.2, -0.15) is 0 Å². The molecule has 2 rings (SSSR count). The van der Waals surface area contributed by atoms with Gasteiger partial charge in [0.05, 0.1) is 25.2 Å². The standard InChI is InChI=1S/C12H10ClN3O2/c1-18-11-7-15-12(13)5-10(11)8-2-3-14-9(4-8)6-16-17/h2-7,17H,1H3/b16-6+. The highest BCUT2D eigenvalue weighted by Gasteiger charge is 2.08. The van der Waals surface area contributed by atoms with Crippen molar-refractivity contribution >= 4 is 17.8 Å². The molecule has 0 saturated heterocycles. The lowest BCUT2D eigenvalue weighted by atomic mass is 10.1. The van der Waals surface area contributed by atoms with Crippen molar-refractivity contribution in [1.82, 2.24) is 9.97 Å². The molecule has 0 aliphatic heterocycles. The molecule has 2 aromatic heterocycles. The van der Waals surface area contributed by atoms with E-state index >= 15 is 0 Å². The molecule has 5 nitrogen and oxygen atoms in total. The summed E-state index contributed by atoms with van der Waals surface area (Å²) in [6, 6.07) is 5.27. The van der Waals surface area contributed by atoms with Gasteiger partial charge < -0.3 is 9.94 Å². The summed E-state index contributed by atoms with van der Waals surface area (Å²) in [4.78, 5) is 7.99. The lowest BCUT2D eigenvalue weighted by molar-refractivity contribution is 0.321. The van der Waals surface area contributed by atoms with Crippen molar-refractivity contribution in [1.29, 1.82) is 0 Å². The fourth-order valence-electron chi connectivity index (χ4n) is 1.55. The first-order chi connectivity index (χ1) is 8.74. The summed E-state index contributed by atoms with van der Waals surface area (Å²) in [5.74, 6) is 0.609. The lowest BCUT2D eigenvalue weighted by Gasteiger charge is -2.08. The highest BCUT2D eigenvalue weighted by molar-refractivity contribution is 6.29. The zero-order chi connectivity index (χ0) is 13.0. The molecule has 0 atom stereocenters. The molecule has 2 heterocycles. The number of rotatable bonds is 3. The van der Waals surface area contributed by atoms with Crippen LogP contribution >= 0.6 is 11.6 Å². The van der Waals surface area contributed by atoms with Crippen LogP contribution in [0.1, 0.15) is 5.69 Å². The van der Waals surface area contributed by atoms with Crippen LogP contribution in [0.25, 0.3) is 11.1 Å². The Bertz CT molecular complexity index is 587. The van der Waals surface area contributed by atoms with Gasteiger partial charge in [-0.25, -0.2) is 4.98 Å². The van der Waals surface area contributed by atoms with E-state index in [1.54, 1.807) is 31.6 Å². The Morgan fingerprint density at radius 3 is 2.94 bits per heavy atom. The van der Waals surface area contributed by atoms with Crippen LogP contribution in [-0.2, 0) is 0 Å². The lowest BCUT2D eigenvalue weighted by Crippen LogP contribution is -1.92. The van der Waals surface area contributed by atoms with E-state index in [1.165, 1.54) is 6.21 Å². The van der Waals surface area contributed by atoms with Crippen molar-refractivity contribution in [3.05, 3.63) is 41.4 Å². The molecule has 0 radical (unpaired) electrons. The monoisotopic (exact) mass is 263 g/mol. The van der Waals surface area contributed by atoms with Gasteiger partial charge >= 0.3 is 0 Å². The van der Waals surface area contributed by atoms with Crippen LogP contribution in [0.4, 0.5) is 0 Å². The summed E-state index contributed by atoms with van der Waals surface area (Å²) >= 11 is 5.88. The number of methoxy groups -OCH3 is 1. The van der Waals surface area contributed by atoms with Crippen molar-refractivity contribution in [2.75, 3.05) is 7.11 Å². The van der Waals surface area contributed by atoms with Crippen molar-refractivity contribution in [3.8, 4) is 16.9 Å². The minimum Gasteiger partial charge on any atom is -0.494 e. The van der Waals surface area contributed by atoms with Crippen LogP contribution in [0.2, 0.25) is 5.15 Å². The molecule has 0 bridgehead atoms. The largest absolute Gasteiger partial charge is 0.494 e. The molecule has 0 fully saturated rings. The molecule has 0 aromatic carbocycles. The number of aromatic nitrogens is 2. The van der Waals surface area contributed by atoms with E-state index in [9.17, 15) is 0 Å². The fourth-order valence-corrected chi connectivity index (χ4v) is 1.71. The maximum absolute atomic E-state index is 8.50. The van der Waals surface area contributed by atoms with Gasteiger partial charge in [0.25, 0.3) is 0 Å². The van der Waals surface area contributed by atoms with Crippen molar-refractivity contribution in [3.63, 3.8) is 0 Å². The van der Waals surface area contributed by atoms with Gasteiger partial charge in [-0.3, -0.25) is 4.98 Å². The van der Waals surface area contributed by atoms with E-state index in [-0.39, 0.29) is 0 Å². The van der Waals surface area contributed by atoms with E-state index in [0.717, 1.165) is 11.1 Å². The maximum atomic E-state index is 8.50. The first-order valence-corrected chi connectivity index (χ1v) is 5.46. The summed E-state index contributed by atoms with van der Waals surface area (Å²) in [5, 5.41) is 11.8.